The van der Waals surface area contributed by atoms with Crippen molar-refractivity contribution in [3.05, 3.63) is 11.4 Å². The lowest BCUT2D eigenvalue weighted by Crippen LogP contribution is -2.16. The summed E-state index contributed by atoms with van der Waals surface area (Å²) in [5.74, 6) is 1.86. The highest BCUT2D eigenvalue weighted by molar-refractivity contribution is 5.14. The number of nitrogens with two attached hydrogens (primary N) is 1. The van der Waals surface area contributed by atoms with Crippen LogP contribution in [0.4, 0.5) is 0 Å². The average Bonchev–Trinajstić information content (AvgIpc) is 4.00. The zero-order valence-corrected chi connectivity index (χ0v) is 50.9. The summed E-state index contributed by atoms with van der Waals surface area (Å²) < 4.78 is 129. The molecule has 0 aromatic carbocycles. The molecule has 2 unspecified atom stereocenters. The van der Waals surface area contributed by atoms with Crippen LogP contribution in [0.2, 0.25) is 0 Å². The van der Waals surface area contributed by atoms with Crippen LogP contribution in [0.3, 0.4) is 0 Å². The third kappa shape index (κ3) is 51.1. The highest BCUT2D eigenvalue weighted by Gasteiger charge is 2.38. The molecule has 2 atom stereocenters. The number of rotatable bonds is 71. The van der Waals surface area contributed by atoms with Crippen molar-refractivity contribution in [2.45, 2.75) is 38.6 Å². The van der Waals surface area contributed by atoms with Crippen molar-refractivity contribution in [1.29, 1.82) is 0 Å². The van der Waals surface area contributed by atoms with Gasteiger partial charge < -0.3 is 115 Å². The Morgan fingerprint density at radius 2 is 0.452 bits per heavy atom. The summed E-state index contributed by atoms with van der Waals surface area (Å²) in [5.41, 5.74) is 7.85. The number of aromatic nitrogens is 3. The molecular weight excluding hydrogens is 1110 g/mol. The molecular formula is C57H110N4O23. The zero-order chi connectivity index (χ0) is 59.0. The van der Waals surface area contributed by atoms with Gasteiger partial charge in [-0.15, -0.1) is 5.10 Å². The van der Waals surface area contributed by atoms with Crippen molar-refractivity contribution in [2.75, 3.05) is 310 Å². The Kier molecular flexibility index (Phi) is 57.1. The molecule has 2 aliphatic rings. The monoisotopic (exact) mass is 1220 g/mol. The number of nitrogens with zero attached hydrogens (tertiary/aromatic N) is 3. The van der Waals surface area contributed by atoms with Crippen molar-refractivity contribution < 1.29 is 109 Å². The number of hydrogen-bond donors (Lipinski definition) is 1. The first kappa shape index (κ1) is 76.4. The maximum atomic E-state index is 5.76. The molecule has 27 heteroatoms. The van der Waals surface area contributed by atoms with Gasteiger partial charge in [-0.3, -0.25) is 0 Å². The van der Waals surface area contributed by atoms with Gasteiger partial charge in [0.2, 0.25) is 0 Å². The Labute approximate surface area is 500 Å². The van der Waals surface area contributed by atoms with Crippen molar-refractivity contribution >= 4 is 0 Å². The van der Waals surface area contributed by atoms with Crippen molar-refractivity contribution in [3.63, 3.8) is 0 Å². The number of hydrogen-bond acceptors (Lipinski definition) is 26. The molecule has 0 spiro atoms. The molecule has 0 amide bonds. The van der Waals surface area contributed by atoms with E-state index in [1.807, 2.05) is 4.68 Å². The standard InChI is InChI=1S/C57H110N4O23/c58-5-7-62-9-11-64-13-15-66-17-19-68-21-23-70-25-27-72-29-31-74-33-35-76-37-39-78-41-43-80-45-47-82-49-51-84-52-50-83-48-46-81-44-42-79-40-38-77-36-34-75-32-30-73-28-26-71-24-22-69-20-18-67-16-14-65-12-10-63-8-6-61-57-4-2-55-53-54(55)1-3-56(57)59-60-61/h54-55H,1-53,58H2. The largest absolute Gasteiger partial charge is 0.378 e. The van der Waals surface area contributed by atoms with E-state index in [0.29, 0.717) is 310 Å². The van der Waals surface area contributed by atoms with Crippen LogP contribution in [-0.4, -0.2) is 325 Å². The van der Waals surface area contributed by atoms with Gasteiger partial charge in [-0.1, -0.05) is 5.21 Å². The molecule has 1 heterocycles. The lowest BCUT2D eigenvalue weighted by Gasteiger charge is -2.11. The summed E-state index contributed by atoms with van der Waals surface area (Å²) in [6.07, 6.45) is 6.10. The molecule has 496 valence electrons. The number of aryl methyl sites for hydroxylation is 1. The number of fused-ring (bicyclic) bond motifs is 2. The third-order valence-corrected chi connectivity index (χ3v) is 12.4. The molecule has 1 fully saturated rings. The first-order valence-corrected chi connectivity index (χ1v) is 30.8. The molecule has 1 saturated carbocycles. The zero-order valence-electron chi connectivity index (χ0n) is 50.9. The van der Waals surface area contributed by atoms with Crippen LogP contribution in [0.5, 0.6) is 0 Å². The quantitative estimate of drug-likeness (QED) is 0.0896. The predicted molar refractivity (Wildman–Crippen MR) is 306 cm³/mol. The summed E-state index contributed by atoms with van der Waals surface area (Å²) in [4.78, 5) is 0. The summed E-state index contributed by atoms with van der Waals surface area (Å²) in [6.45, 7) is 24.4. The van der Waals surface area contributed by atoms with Gasteiger partial charge in [0.15, 0.2) is 0 Å². The average molecular weight is 1220 g/mol. The second-order valence-corrected chi connectivity index (χ2v) is 18.9. The molecule has 0 radical (unpaired) electrons. The minimum atomic E-state index is 0.487. The van der Waals surface area contributed by atoms with E-state index in [1.54, 1.807) is 0 Å². The van der Waals surface area contributed by atoms with Gasteiger partial charge in [-0.05, 0) is 43.9 Å². The second-order valence-electron chi connectivity index (χ2n) is 18.9. The van der Waals surface area contributed by atoms with Gasteiger partial charge in [-0.2, -0.15) is 0 Å². The Morgan fingerprint density at radius 1 is 0.262 bits per heavy atom. The van der Waals surface area contributed by atoms with Crippen LogP contribution >= 0.6 is 0 Å². The summed E-state index contributed by atoms with van der Waals surface area (Å²) in [5, 5.41) is 8.81. The van der Waals surface area contributed by atoms with Gasteiger partial charge in [0.1, 0.15) is 0 Å². The van der Waals surface area contributed by atoms with Crippen LogP contribution < -0.4 is 5.73 Å². The van der Waals surface area contributed by atoms with E-state index in [0.717, 1.165) is 31.2 Å². The van der Waals surface area contributed by atoms with Gasteiger partial charge >= 0.3 is 0 Å². The summed E-state index contributed by atoms with van der Waals surface area (Å²) >= 11 is 0. The lowest BCUT2D eigenvalue weighted by atomic mass is 10.0. The Balaban J connectivity index is 0.841. The molecule has 2 N–H and O–H groups in total. The lowest BCUT2D eigenvalue weighted by molar-refractivity contribution is -0.0318. The van der Waals surface area contributed by atoms with Crippen molar-refractivity contribution in [2.24, 2.45) is 17.6 Å². The molecule has 2 aliphatic carbocycles. The maximum Gasteiger partial charge on any atom is 0.0859 e. The fourth-order valence-corrected chi connectivity index (χ4v) is 7.85. The number of ether oxygens (including phenoxy) is 23. The summed E-state index contributed by atoms with van der Waals surface area (Å²) in [7, 11) is 0. The van der Waals surface area contributed by atoms with Crippen molar-refractivity contribution in [1.82, 2.24) is 15.0 Å². The minimum absolute atomic E-state index is 0.487. The smallest absolute Gasteiger partial charge is 0.0859 e. The van der Waals surface area contributed by atoms with Gasteiger partial charge in [-0.25, -0.2) is 4.68 Å². The highest BCUT2D eigenvalue weighted by atomic mass is 16.6. The van der Waals surface area contributed by atoms with Crippen LogP contribution in [0.1, 0.15) is 30.7 Å². The van der Waals surface area contributed by atoms with E-state index in [9.17, 15) is 0 Å². The normalized spacial score (nSPS) is 15.0. The van der Waals surface area contributed by atoms with Crippen LogP contribution in [0.25, 0.3) is 0 Å². The second kappa shape index (κ2) is 62.8. The molecule has 1 aromatic heterocycles. The fraction of sp³-hybridized carbons (Fsp3) is 0.965. The Bertz CT molecular complexity index is 1470. The minimum Gasteiger partial charge on any atom is -0.378 e. The maximum absolute atomic E-state index is 5.76. The Morgan fingerprint density at radius 3 is 0.667 bits per heavy atom. The molecule has 0 saturated heterocycles. The predicted octanol–water partition coefficient (Wildman–Crippen LogP) is 1.13. The van der Waals surface area contributed by atoms with Gasteiger partial charge in [0.25, 0.3) is 0 Å². The van der Waals surface area contributed by atoms with Gasteiger partial charge in [0.05, 0.1) is 322 Å². The van der Waals surface area contributed by atoms with E-state index >= 15 is 0 Å². The van der Waals surface area contributed by atoms with E-state index in [2.05, 4.69) is 10.3 Å². The molecule has 27 nitrogen and oxygen atoms in total. The van der Waals surface area contributed by atoms with Crippen LogP contribution in [0, 0.1) is 11.8 Å². The first-order chi connectivity index (χ1) is 41.9. The molecule has 0 bridgehead atoms. The van der Waals surface area contributed by atoms with Crippen molar-refractivity contribution in [3.8, 4) is 0 Å². The summed E-state index contributed by atoms with van der Waals surface area (Å²) in [6, 6.07) is 0. The SMILES string of the molecule is NCCOCCOCCOCCOCCOCCOCCOCCOCCOCCOCCOCCOCCOCCOCCOCCOCCOCCOCCOCCOCCOCCOCCOCCn1nnc2c1CCC1CC1CC2. The van der Waals surface area contributed by atoms with Crippen LogP contribution in [0.15, 0.2) is 0 Å². The van der Waals surface area contributed by atoms with E-state index in [4.69, 9.17) is 115 Å². The molecule has 1 aromatic rings. The topological polar surface area (TPSA) is 269 Å². The fourth-order valence-electron chi connectivity index (χ4n) is 7.85. The molecule has 0 aliphatic heterocycles. The van der Waals surface area contributed by atoms with E-state index < -0.39 is 0 Å². The van der Waals surface area contributed by atoms with E-state index in [1.165, 1.54) is 30.7 Å². The highest BCUT2D eigenvalue weighted by Crippen LogP contribution is 2.46. The van der Waals surface area contributed by atoms with Gasteiger partial charge in [0, 0.05) is 6.54 Å². The third-order valence-electron chi connectivity index (χ3n) is 12.4. The first-order valence-electron chi connectivity index (χ1n) is 30.8. The molecule has 3 rings (SSSR count). The van der Waals surface area contributed by atoms with Crippen LogP contribution in [-0.2, 0) is 128 Å². The molecule has 84 heavy (non-hydrogen) atoms. The Hall–Kier alpha value is -1.82. The van der Waals surface area contributed by atoms with E-state index in [-0.39, 0.29) is 0 Å².